The average Bonchev–Trinajstić information content (AvgIpc) is 2.63. The fourth-order valence-corrected chi connectivity index (χ4v) is 1.13. The van der Waals surface area contributed by atoms with Crippen LogP contribution in [0.15, 0.2) is 48.7 Å². The highest BCUT2D eigenvalue weighted by molar-refractivity contribution is 5.94. The minimum absolute atomic E-state index is 0.0641. The summed E-state index contributed by atoms with van der Waals surface area (Å²) in [7, 11) is 0. The maximum absolute atomic E-state index is 11.4. The van der Waals surface area contributed by atoms with E-state index in [4.69, 9.17) is 0 Å². The first-order chi connectivity index (χ1) is 10.7. The van der Waals surface area contributed by atoms with E-state index >= 15 is 0 Å². The van der Waals surface area contributed by atoms with Gasteiger partial charge in [0.2, 0.25) is 0 Å². The van der Waals surface area contributed by atoms with Crippen LogP contribution in [0.2, 0.25) is 0 Å². The molecule has 0 atom stereocenters. The van der Waals surface area contributed by atoms with Gasteiger partial charge in [0.1, 0.15) is 0 Å². The number of allylic oxidation sites excluding steroid dienone is 3. The molecule has 1 aromatic rings. The number of carbonyl (C=O) groups is 1. The van der Waals surface area contributed by atoms with Gasteiger partial charge in [0.05, 0.1) is 0 Å². The third kappa shape index (κ3) is 14.1. The topological polar surface area (TPSA) is 29.1 Å². The Labute approximate surface area is 137 Å². The number of carbonyl (C=O) groups excluding carboxylic acids is 1. The van der Waals surface area contributed by atoms with Crippen molar-refractivity contribution in [3.8, 4) is 12.8 Å². The minimum Gasteiger partial charge on any atom is -0.329 e. The highest BCUT2D eigenvalue weighted by atomic mass is 16.1. The lowest BCUT2D eigenvalue weighted by Gasteiger charge is -2.01. The van der Waals surface area contributed by atoms with Crippen molar-refractivity contribution >= 4 is 5.91 Å². The second-order valence-electron chi connectivity index (χ2n) is 3.69. The van der Waals surface area contributed by atoms with Crippen LogP contribution in [-0.2, 0) is 6.42 Å². The normalized spacial score (nSPS) is 8.73. The molecule has 0 fully saturated rings. The first-order valence-corrected chi connectivity index (χ1v) is 7.61. The Kier molecular flexibility index (Phi) is 23.6. The number of nitrogens with one attached hydrogen (secondary N) is 1. The lowest BCUT2D eigenvalue weighted by Crippen LogP contribution is -2.16. The second-order valence-corrected chi connectivity index (χ2v) is 3.69. The Morgan fingerprint density at radius 1 is 1.00 bits per heavy atom. The number of benzene rings is 1. The Morgan fingerprint density at radius 3 is 1.77 bits per heavy atom. The van der Waals surface area contributed by atoms with E-state index in [-0.39, 0.29) is 5.91 Å². The molecule has 0 saturated carbocycles. The summed E-state index contributed by atoms with van der Waals surface area (Å²) in [5, 5.41) is 2.67. The van der Waals surface area contributed by atoms with Crippen molar-refractivity contribution in [3.05, 3.63) is 59.8 Å². The molecule has 0 unspecified atom stereocenters. The van der Waals surface area contributed by atoms with Gasteiger partial charge in [-0.1, -0.05) is 51.1 Å². The molecule has 1 N–H and O–H groups in total. The van der Waals surface area contributed by atoms with E-state index < -0.39 is 0 Å². The quantitative estimate of drug-likeness (QED) is 0.590. The van der Waals surface area contributed by atoms with Gasteiger partial charge in [-0.25, -0.2) is 0 Å². The third-order valence-corrected chi connectivity index (χ3v) is 2.34. The summed E-state index contributed by atoms with van der Waals surface area (Å²) in [4.78, 5) is 11.4. The molecule has 1 rings (SSSR count). The van der Waals surface area contributed by atoms with Gasteiger partial charge in [-0.05, 0) is 51.1 Å². The number of rotatable bonds is 3. The molecule has 0 aliphatic carbocycles. The Hall–Kier alpha value is -2.27. The largest absolute Gasteiger partial charge is 0.329 e. The van der Waals surface area contributed by atoms with Crippen LogP contribution in [0.1, 0.15) is 57.5 Å². The van der Waals surface area contributed by atoms with E-state index in [0.717, 1.165) is 6.42 Å². The summed E-state index contributed by atoms with van der Waals surface area (Å²) in [5.74, 6) is -0.0641. The van der Waals surface area contributed by atoms with Gasteiger partial charge in [-0.3, -0.25) is 4.79 Å². The Balaban J connectivity index is -0.000000383. The fourth-order valence-electron chi connectivity index (χ4n) is 1.13. The Morgan fingerprint density at radius 2 is 1.45 bits per heavy atom. The van der Waals surface area contributed by atoms with Gasteiger partial charge in [-0.15, -0.1) is 12.8 Å². The van der Waals surface area contributed by atoms with Crippen LogP contribution in [0.25, 0.3) is 0 Å². The number of hydrogen-bond donors (Lipinski definition) is 1. The molecule has 1 amide bonds. The van der Waals surface area contributed by atoms with Crippen molar-refractivity contribution in [2.75, 3.05) is 0 Å². The Bertz CT molecular complexity index is 421. The molecular formula is C20H31NO. The first kappa shape index (κ1) is 24.7. The van der Waals surface area contributed by atoms with Gasteiger partial charge in [-0.2, -0.15) is 0 Å². The molecule has 0 heterocycles. The first-order valence-electron chi connectivity index (χ1n) is 7.61. The fraction of sp³-hybridized carbons (Fsp3) is 0.350. The van der Waals surface area contributed by atoms with Crippen LogP contribution < -0.4 is 5.32 Å². The van der Waals surface area contributed by atoms with Gasteiger partial charge in [0, 0.05) is 5.56 Å². The van der Waals surface area contributed by atoms with Crippen LogP contribution in [0, 0.1) is 12.8 Å². The highest BCUT2D eigenvalue weighted by Gasteiger charge is 2.01. The molecule has 22 heavy (non-hydrogen) atoms. The maximum atomic E-state index is 11.4. The molecule has 1 aromatic carbocycles. The van der Waals surface area contributed by atoms with Crippen molar-refractivity contribution in [2.45, 2.75) is 48.0 Å². The minimum atomic E-state index is -0.0641. The molecular weight excluding hydrogens is 270 g/mol. The van der Waals surface area contributed by atoms with Crippen LogP contribution in [0.4, 0.5) is 0 Å². The second kappa shape index (κ2) is 21.0. The smallest absolute Gasteiger partial charge is 0.255 e. The van der Waals surface area contributed by atoms with Crippen LogP contribution >= 0.6 is 0 Å². The standard InChI is InChI=1S/C12H15NO.C4H8.C2H6.C2H2/c1-3-9-13-12(14)11-7-5-10(4-2)6-8-11;1-3-4-2;2*1-2/h3,5-9H,4H2,1-2H3,(H,13,14);3-4H,1-2H3;1-2H3;1-2H/b9-3+;4-3-;;. The number of terminal acetylenes is 1. The maximum Gasteiger partial charge on any atom is 0.255 e. The molecule has 2 nitrogen and oxygen atoms in total. The molecule has 2 heteroatoms. The number of aryl methyl sites for hydroxylation is 1. The summed E-state index contributed by atoms with van der Waals surface area (Å²) >= 11 is 0. The van der Waals surface area contributed by atoms with E-state index in [2.05, 4.69) is 25.1 Å². The highest BCUT2D eigenvalue weighted by Crippen LogP contribution is 2.04. The van der Waals surface area contributed by atoms with E-state index in [0.29, 0.717) is 5.56 Å². The zero-order valence-electron chi connectivity index (χ0n) is 14.9. The molecule has 0 aliphatic rings. The van der Waals surface area contributed by atoms with E-state index in [1.54, 1.807) is 12.3 Å². The molecule has 0 bridgehead atoms. The molecule has 0 aromatic heterocycles. The third-order valence-electron chi connectivity index (χ3n) is 2.34. The summed E-state index contributed by atoms with van der Waals surface area (Å²) in [6.45, 7) is 12.0. The summed E-state index contributed by atoms with van der Waals surface area (Å²) in [6, 6.07) is 7.64. The monoisotopic (exact) mass is 301 g/mol. The molecule has 0 spiro atoms. The lowest BCUT2D eigenvalue weighted by atomic mass is 10.1. The molecule has 122 valence electrons. The molecule has 0 aliphatic heterocycles. The zero-order chi connectivity index (χ0) is 17.8. The van der Waals surface area contributed by atoms with Crippen molar-refractivity contribution in [1.82, 2.24) is 5.32 Å². The van der Waals surface area contributed by atoms with Crippen molar-refractivity contribution in [1.29, 1.82) is 0 Å². The SMILES string of the molecule is C#C.C/C=C/NC(=O)c1ccc(CC)cc1.C/C=C\C.CC. The van der Waals surface area contributed by atoms with Gasteiger partial charge in [0.25, 0.3) is 5.91 Å². The summed E-state index contributed by atoms with van der Waals surface area (Å²) < 4.78 is 0. The average molecular weight is 301 g/mol. The van der Waals surface area contributed by atoms with Crippen LogP contribution in [-0.4, -0.2) is 5.91 Å². The van der Waals surface area contributed by atoms with E-state index in [1.165, 1.54) is 5.56 Å². The summed E-state index contributed by atoms with van der Waals surface area (Å²) in [6.07, 6.45) is 16.4. The number of hydrogen-bond acceptors (Lipinski definition) is 1. The zero-order valence-corrected chi connectivity index (χ0v) is 14.9. The molecule has 0 radical (unpaired) electrons. The van der Waals surface area contributed by atoms with Gasteiger partial charge in [0.15, 0.2) is 0 Å². The lowest BCUT2D eigenvalue weighted by molar-refractivity contribution is 0.0970. The summed E-state index contributed by atoms with van der Waals surface area (Å²) in [5.41, 5.74) is 1.94. The van der Waals surface area contributed by atoms with Crippen molar-refractivity contribution < 1.29 is 4.79 Å². The number of amides is 1. The molecule has 0 saturated heterocycles. The van der Waals surface area contributed by atoms with Gasteiger partial charge >= 0.3 is 0 Å². The predicted octanol–water partition coefficient (Wildman–Crippen LogP) is 5.37. The van der Waals surface area contributed by atoms with Crippen molar-refractivity contribution in [2.24, 2.45) is 0 Å². The van der Waals surface area contributed by atoms with Gasteiger partial charge < -0.3 is 5.32 Å². The van der Waals surface area contributed by atoms with E-state index in [9.17, 15) is 4.79 Å². The van der Waals surface area contributed by atoms with Crippen LogP contribution in [0.3, 0.4) is 0 Å². The predicted molar refractivity (Wildman–Crippen MR) is 99.8 cm³/mol. The van der Waals surface area contributed by atoms with E-state index in [1.807, 2.05) is 71.0 Å². The van der Waals surface area contributed by atoms with Crippen molar-refractivity contribution in [3.63, 3.8) is 0 Å². The van der Waals surface area contributed by atoms with Crippen LogP contribution in [0.5, 0.6) is 0 Å².